The average molecular weight is 410 g/mol. The molecule has 7 nitrogen and oxygen atoms in total. The van der Waals surface area contributed by atoms with E-state index in [1.807, 2.05) is 6.07 Å². The molecule has 0 saturated heterocycles. The lowest BCUT2D eigenvalue weighted by Crippen LogP contribution is -2.18. The number of hydrogen-bond acceptors (Lipinski definition) is 6. The fraction of sp³-hybridized carbons (Fsp3) is 0.0476. The third-order valence-electron chi connectivity index (χ3n) is 3.86. The molecule has 3 rings (SSSR count). The van der Waals surface area contributed by atoms with E-state index in [1.165, 1.54) is 25.5 Å². The van der Waals surface area contributed by atoms with Gasteiger partial charge in [0.15, 0.2) is 0 Å². The van der Waals surface area contributed by atoms with Crippen molar-refractivity contribution in [3.8, 4) is 11.5 Å². The Kier molecular flexibility index (Phi) is 6.25. The highest BCUT2D eigenvalue weighted by atomic mass is 32.2. The molecule has 148 valence electrons. The standard InChI is InChI=1S/C21H18N2O5S/c1-27-18-11-13-20(14-12-18)29(25,26)23-22-15-16-7-9-19(10-8-16)28-21(24)17-5-3-2-4-6-17/h2-15,23H,1H3/b22-15+. The number of hydrogen-bond donors (Lipinski definition) is 1. The Labute approximate surface area is 168 Å². The van der Waals surface area contributed by atoms with E-state index < -0.39 is 16.0 Å². The van der Waals surface area contributed by atoms with E-state index >= 15 is 0 Å². The summed E-state index contributed by atoms with van der Waals surface area (Å²) in [6.45, 7) is 0. The number of sulfonamides is 1. The topological polar surface area (TPSA) is 94.1 Å². The molecule has 0 aliphatic rings. The quantitative estimate of drug-likeness (QED) is 0.279. The van der Waals surface area contributed by atoms with Crippen LogP contribution in [0.3, 0.4) is 0 Å². The lowest BCUT2D eigenvalue weighted by atomic mass is 10.2. The molecule has 3 aromatic rings. The zero-order chi connectivity index (χ0) is 20.7. The van der Waals surface area contributed by atoms with E-state index in [2.05, 4.69) is 9.93 Å². The van der Waals surface area contributed by atoms with E-state index in [1.54, 1.807) is 60.7 Å². The molecule has 0 saturated carbocycles. The van der Waals surface area contributed by atoms with Crippen LogP contribution >= 0.6 is 0 Å². The van der Waals surface area contributed by atoms with Crippen molar-refractivity contribution in [2.75, 3.05) is 7.11 Å². The normalized spacial score (nSPS) is 11.2. The molecule has 3 aromatic carbocycles. The highest BCUT2D eigenvalue weighted by Crippen LogP contribution is 2.16. The molecule has 0 atom stereocenters. The average Bonchev–Trinajstić information content (AvgIpc) is 2.75. The number of esters is 1. The van der Waals surface area contributed by atoms with Crippen LogP contribution in [0.15, 0.2) is 88.9 Å². The number of nitrogens with one attached hydrogen (secondary N) is 1. The van der Waals surface area contributed by atoms with Crippen molar-refractivity contribution in [1.29, 1.82) is 0 Å². The van der Waals surface area contributed by atoms with Crippen molar-refractivity contribution in [1.82, 2.24) is 4.83 Å². The van der Waals surface area contributed by atoms with Crippen LogP contribution in [0.2, 0.25) is 0 Å². The van der Waals surface area contributed by atoms with Gasteiger partial charge in [-0.05, 0) is 66.2 Å². The molecule has 0 unspecified atom stereocenters. The van der Waals surface area contributed by atoms with Gasteiger partial charge >= 0.3 is 5.97 Å². The number of benzene rings is 3. The fourth-order valence-electron chi connectivity index (χ4n) is 2.34. The minimum atomic E-state index is -3.78. The van der Waals surface area contributed by atoms with Gasteiger partial charge in [-0.3, -0.25) is 0 Å². The van der Waals surface area contributed by atoms with E-state index in [-0.39, 0.29) is 4.90 Å². The molecule has 29 heavy (non-hydrogen) atoms. The van der Waals surface area contributed by atoms with Gasteiger partial charge in [-0.25, -0.2) is 9.63 Å². The summed E-state index contributed by atoms with van der Waals surface area (Å²) in [6, 6.07) is 21.1. The van der Waals surface area contributed by atoms with Crippen molar-refractivity contribution >= 4 is 22.2 Å². The Bertz CT molecular complexity index is 1090. The van der Waals surface area contributed by atoms with Gasteiger partial charge in [-0.15, -0.1) is 0 Å². The van der Waals surface area contributed by atoms with E-state index in [0.717, 1.165) is 0 Å². The maximum atomic E-state index is 12.2. The number of methoxy groups -OCH3 is 1. The van der Waals surface area contributed by atoms with Gasteiger partial charge < -0.3 is 9.47 Å². The minimum Gasteiger partial charge on any atom is -0.497 e. The molecule has 0 fully saturated rings. The van der Waals surface area contributed by atoms with Crippen LogP contribution < -0.4 is 14.3 Å². The summed E-state index contributed by atoms with van der Waals surface area (Å²) in [5.74, 6) is 0.467. The smallest absolute Gasteiger partial charge is 0.343 e. The predicted octanol–water partition coefficient (Wildman–Crippen LogP) is 3.23. The number of carbonyl (C=O) groups is 1. The molecule has 0 bridgehead atoms. The molecule has 8 heteroatoms. The van der Waals surface area contributed by atoms with Crippen LogP contribution in [-0.2, 0) is 10.0 Å². The second kappa shape index (κ2) is 9.03. The largest absolute Gasteiger partial charge is 0.497 e. The zero-order valence-electron chi connectivity index (χ0n) is 15.5. The van der Waals surface area contributed by atoms with Crippen LogP contribution in [0, 0.1) is 0 Å². The molecule has 0 aliphatic carbocycles. The van der Waals surface area contributed by atoms with Gasteiger partial charge in [0.2, 0.25) is 0 Å². The molecule has 1 N–H and O–H groups in total. The Morgan fingerprint density at radius 3 is 2.14 bits per heavy atom. The summed E-state index contributed by atoms with van der Waals surface area (Å²) in [5, 5.41) is 3.77. The first kappa shape index (κ1) is 20.1. The Balaban J connectivity index is 1.60. The Morgan fingerprint density at radius 2 is 1.52 bits per heavy atom. The van der Waals surface area contributed by atoms with E-state index in [9.17, 15) is 13.2 Å². The summed E-state index contributed by atoms with van der Waals surface area (Å²) in [7, 11) is -2.28. The lowest BCUT2D eigenvalue weighted by Gasteiger charge is -2.05. The second-order valence-corrected chi connectivity index (χ2v) is 7.51. The Morgan fingerprint density at radius 1 is 0.897 bits per heavy atom. The van der Waals surface area contributed by atoms with Gasteiger partial charge in [0, 0.05) is 0 Å². The number of hydrazone groups is 1. The van der Waals surface area contributed by atoms with Crippen molar-refractivity contribution in [3.63, 3.8) is 0 Å². The monoisotopic (exact) mass is 410 g/mol. The highest BCUT2D eigenvalue weighted by Gasteiger charge is 2.12. The first-order chi connectivity index (χ1) is 14.0. The van der Waals surface area contributed by atoms with Gasteiger partial charge in [-0.2, -0.15) is 13.5 Å². The Hall–Kier alpha value is -3.65. The lowest BCUT2D eigenvalue weighted by molar-refractivity contribution is 0.0734. The molecule has 0 heterocycles. The minimum absolute atomic E-state index is 0.0682. The second-order valence-electron chi connectivity index (χ2n) is 5.85. The van der Waals surface area contributed by atoms with Gasteiger partial charge in [0.25, 0.3) is 10.0 Å². The molecule has 0 spiro atoms. The van der Waals surface area contributed by atoms with Crippen molar-refractivity contribution in [2.24, 2.45) is 5.10 Å². The summed E-state index contributed by atoms with van der Waals surface area (Å²) < 4.78 is 34.7. The maximum Gasteiger partial charge on any atom is 0.343 e. The summed E-state index contributed by atoms with van der Waals surface area (Å²) in [5.41, 5.74) is 1.08. The van der Waals surface area contributed by atoms with Crippen LogP contribution in [0.5, 0.6) is 11.5 Å². The fourth-order valence-corrected chi connectivity index (χ4v) is 3.13. The predicted molar refractivity (Wildman–Crippen MR) is 109 cm³/mol. The summed E-state index contributed by atoms with van der Waals surface area (Å²) in [4.78, 5) is 14.2. The molecule has 0 radical (unpaired) electrons. The number of carbonyl (C=O) groups excluding carboxylic acids is 1. The molecular weight excluding hydrogens is 392 g/mol. The third kappa shape index (κ3) is 5.43. The molecular formula is C21H18N2O5S. The van der Waals surface area contributed by atoms with Gasteiger partial charge in [0.1, 0.15) is 11.5 Å². The van der Waals surface area contributed by atoms with E-state index in [0.29, 0.717) is 22.6 Å². The first-order valence-corrected chi connectivity index (χ1v) is 10.0. The SMILES string of the molecule is COc1ccc(S(=O)(=O)N/N=C/c2ccc(OC(=O)c3ccccc3)cc2)cc1. The number of ether oxygens (including phenoxy) is 2. The van der Waals surface area contributed by atoms with Gasteiger partial charge in [0.05, 0.1) is 23.8 Å². The molecule has 0 amide bonds. The van der Waals surface area contributed by atoms with Crippen molar-refractivity contribution in [3.05, 3.63) is 90.0 Å². The summed E-state index contributed by atoms with van der Waals surface area (Å²) >= 11 is 0. The maximum absolute atomic E-state index is 12.2. The summed E-state index contributed by atoms with van der Waals surface area (Å²) in [6.07, 6.45) is 1.35. The first-order valence-electron chi connectivity index (χ1n) is 8.54. The van der Waals surface area contributed by atoms with Crippen LogP contribution in [0.4, 0.5) is 0 Å². The van der Waals surface area contributed by atoms with Crippen LogP contribution in [0.25, 0.3) is 0 Å². The van der Waals surface area contributed by atoms with E-state index in [4.69, 9.17) is 9.47 Å². The zero-order valence-corrected chi connectivity index (χ0v) is 16.3. The number of nitrogens with zero attached hydrogens (tertiary/aromatic N) is 1. The molecule has 0 aliphatic heterocycles. The number of rotatable bonds is 7. The highest BCUT2D eigenvalue weighted by molar-refractivity contribution is 7.89. The van der Waals surface area contributed by atoms with Crippen molar-refractivity contribution < 1.29 is 22.7 Å². The van der Waals surface area contributed by atoms with Crippen LogP contribution in [0.1, 0.15) is 15.9 Å². The third-order valence-corrected chi connectivity index (χ3v) is 5.09. The molecule has 0 aromatic heterocycles. The van der Waals surface area contributed by atoms with Gasteiger partial charge in [-0.1, -0.05) is 18.2 Å². The van der Waals surface area contributed by atoms with Crippen LogP contribution in [-0.4, -0.2) is 27.7 Å². The van der Waals surface area contributed by atoms with Crippen molar-refractivity contribution in [2.45, 2.75) is 4.90 Å².